The van der Waals surface area contributed by atoms with Crippen LogP contribution < -0.4 is 15.4 Å². The largest absolute Gasteiger partial charge is 0.489 e. The van der Waals surface area contributed by atoms with Crippen molar-refractivity contribution in [3.8, 4) is 5.75 Å². The molecule has 3 rings (SSSR count). The van der Waals surface area contributed by atoms with Crippen LogP contribution in [0.2, 0.25) is 0 Å². The van der Waals surface area contributed by atoms with Crippen molar-refractivity contribution in [2.75, 3.05) is 25.0 Å². The third kappa shape index (κ3) is 4.94. The first-order valence-electron chi connectivity index (χ1n) is 7.72. The fraction of sp³-hybridized carbons (Fsp3) is 0.294. The van der Waals surface area contributed by atoms with Gasteiger partial charge in [-0.2, -0.15) is 0 Å². The van der Waals surface area contributed by atoms with E-state index < -0.39 is 12.4 Å². The van der Waals surface area contributed by atoms with Crippen LogP contribution in [0.25, 0.3) is 0 Å². The van der Waals surface area contributed by atoms with E-state index in [2.05, 4.69) is 15.6 Å². The molecule has 126 valence electrons. The highest BCUT2D eigenvalue weighted by Crippen LogP contribution is 2.16. The lowest BCUT2D eigenvalue weighted by Gasteiger charge is -2.23. The zero-order valence-electron chi connectivity index (χ0n) is 13.1. The second-order valence-corrected chi connectivity index (χ2v) is 5.19. The monoisotopic (exact) mass is 329 g/mol. The van der Waals surface area contributed by atoms with Gasteiger partial charge in [0.05, 0.1) is 13.2 Å². The molecule has 1 unspecified atom stereocenters. The molecule has 7 heteroatoms. The molecule has 2 aromatic rings. The number of carbonyl (C=O) groups is 1. The number of nitrogens with one attached hydrogen (secondary N) is 2. The molecule has 0 spiro atoms. The summed E-state index contributed by atoms with van der Waals surface area (Å²) >= 11 is 0. The van der Waals surface area contributed by atoms with Crippen LogP contribution in [-0.2, 0) is 16.1 Å². The Bertz CT molecular complexity index is 660. The molecular formula is C17H19N3O4. The predicted octanol–water partition coefficient (Wildman–Crippen LogP) is 2.15. The first-order valence-corrected chi connectivity index (χ1v) is 7.72. The highest BCUT2D eigenvalue weighted by molar-refractivity contribution is 5.83. The number of carbonyl (C=O) groups excluding carboxylic acids is 1. The number of anilines is 1. The van der Waals surface area contributed by atoms with Crippen LogP contribution in [-0.4, -0.2) is 37.1 Å². The highest BCUT2D eigenvalue weighted by atomic mass is 16.7. The van der Waals surface area contributed by atoms with Crippen molar-refractivity contribution in [1.82, 2.24) is 10.3 Å². The summed E-state index contributed by atoms with van der Waals surface area (Å²) in [6.07, 6.45) is 0.363. The summed E-state index contributed by atoms with van der Waals surface area (Å²) in [5.41, 5.74) is 1.06. The summed E-state index contributed by atoms with van der Waals surface area (Å²) in [5, 5.41) is 5.65. The molecule has 1 fully saturated rings. The van der Waals surface area contributed by atoms with E-state index in [1.165, 1.54) is 0 Å². The molecule has 1 atom stereocenters. The van der Waals surface area contributed by atoms with Crippen molar-refractivity contribution in [3.63, 3.8) is 0 Å². The molecule has 0 aliphatic carbocycles. The molecule has 2 heterocycles. The van der Waals surface area contributed by atoms with Gasteiger partial charge < -0.3 is 19.5 Å². The van der Waals surface area contributed by atoms with Crippen molar-refractivity contribution in [3.05, 3.63) is 54.2 Å². The average Bonchev–Trinajstić information content (AvgIpc) is 2.62. The number of amides is 1. The summed E-state index contributed by atoms with van der Waals surface area (Å²) in [6.45, 7) is 2.18. The molecule has 0 saturated carbocycles. The topological polar surface area (TPSA) is 81.7 Å². The van der Waals surface area contributed by atoms with Crippen LogP contribution >= 0.6 is 0 Å². The van der Waals surface area contributed by atoms with Crippen molar-refractivity contribution in [1.29, 1.82) is 0 Å². The molecule has 1 aliphatic rings. The van der Waals surface area contributed by atoms with Gasteiger partial charge in [-0.05, 0) is 11.6 Å². The van der Waals surface area contributed by atoms with Crippen molar-refractivity contribution < 1.29 is 19.0 Å². The van der Waals surface area contributed by atoms with Crippen molar-refractivity contribution in [2.24, 2.45) is 0 Å². The second-order valence-electron chi connectivity index (χ2n) is 5.19. The predicted molar refractivity (Wildman–Crippen MR) is 87.7 cm³/mol. The van der Waals surface area contributed by atoms with E-state index in [1.54, 1.807) is 18.3 Å². The van der Waals surface area contributed by atoms with Crippen molar-refractivity contribution >= 4 is 11.9 Å². The summed E-state index contributed by atoms with van der Waals surface area (Å²) in [5.74, 6) is 0.967. The highest BCUT2D eigenvalue weighted by Gasteiger charge is 2.18. The summed E-state index contributed by atoms with van der Waals surface area (Å²) in [7, 11) is 0. The second kappa shape index (κ2) is 8.28. The molecule has 0 bridgehead atoms. The summed E-state index contributed by atoms with van der Waals surface area (Å²) < 4.78 is 16.2. The molecule has 1 amide bonds. The van der Waals surface area contributed by atoms with Crippen LogP contribution in [0.5, 0.6) is 5.75 Å². The van der Waals surface area contributed by atoms with E-state index in [1.807, 2.05) is 30.3 Å². The fourth-order valence-electron chi connectivity index (χ4n) is 2.18. The van der Waals surface area contributed by atoms with Crippen LogP contribution in [0, 0.1) is 0 Å². The van der Waals surface area contributed by atoms with E-state index in [0.29, 0.717) is 31.3 Å². The molecule has 1 aromatic carbocycles. The van der Waals surface area contributed by atoms with Crippen LogP contribution in [0.1, 0.15) is 5.56 Å². The Kier molecular flexibility index (Phi) is 5.60. The molecule has 1 aliphatic heterocycles. The fourth-order valence-corrected chi connectivity index (χ4v) is 2.18. The Morgan fingerprint density at radius 2 is 2.21 bits per heavy atom. The van der Waals surface area contributed by atoms with Gasteiger partial charge >= 0.3 is 6.09 Å². The minimum absolute atomic E-state index is 0.356. The Morgan fingerprint density at radius 3 is 3.00 bits per heavy atom. The lowest BCUT2D eigenvalue weighted by Crippen LogP contribution is -2.41. The van der Waals surface area contributed by atoms with E-state index in [9.17, 15) is 4.79 Å². The summed E-state index contributed by atoms with van der Waals surface area (Å²) in [6, 6.07) is 13.2. The van der Waals surface area contributed by atoms with Crippen LogP contribution in [0.15, 0.2) is 48.7 Å². The molecular weight excluding hydrogens is 310 g/mol. The first-order chi connectivity index (χ1) is 11.8. The molecule has 1 saturated heterocycles. The first kappa shape index (κ1) is 16.2. The zero-order valence-corrected chi connectivity index (χ0v) is 13.1. The number of hydrogen-bond acceptors (Lipinski definition) is 6. The number of pyridine rings is 1. The molecule has 1 aromatic heterocycles. The standard InChI is InChI=1S/C17H19N3O4/c21-17(24-16-11-18-8-9-22-16)20-15-10-14(6-7-19-15)23-12-13-4-2-1-3-5-13/h1-7,10,16,18H,8-9,11-12H2,(H,19,20,21). The normalized spacial score (nSPS) is 17.1. The van der Waals surface area contributed by atoms with Gasteiger partial charge in [-0.3, -0.25) is 5.32 Å². The van der Waals surface area contributed by atoms with Gasteiger partial charge in [0, 0.05) is 18.8 Å². The maximum Gasteiger partial charge on any atom is 0.415 e. The van der Waals surface area contributed by atoms with Gasteiger partial charge in [0.1, 0.15) is 18.2 Å². The zero-order chi connectivity index (χ0) is 16.6. The number of aromatic nitrogens is 1. The summed E-state index contributed by atoms with van der Waals surface area (Å²) in [4.78, 5) is 15.9. The number of morpholine rings is 1. The van der Waals surface area contributed by atoms with Gasteiger partial charge in [0.15, 0.2) is 0 Å². The van der Waals surface area contributed by atoms with Gasteiger partial charge in [-0.15, -0.1) is 0 Å². The van der Waals surface area contributed by atoms with Gasteiger partial charge in [0.2, 0.25) is 6.29 Å². The Hall–Kier alpha value is -2.64. The van der Waals surface area contributed by atoms with Crippen LogP contribution in [0.3, 0.4) is 0 Å². The SMILES string of the molecule is O=C(Nc1cc(OCc2ccccc2)ccn1)OC1CNCCO1. The minimum atomic E-state index is -0.614. The quantitative estimate of drug-likeness (QED) is 0.875. The maximum absolute atomic E-state index is 11.8. The lowest BCUT2D eigenvalue weighted by atomic mass is 10.2. The average molecular weight is 329 g/mol. The molecule has 0 radical (unpaired) electrons. The third-order valence-electron chi connectivity index (χ3n) is 3.34. The van der Waals surface area contributed by atoms with Gasteiger partial charge in [0.25, 0.3) is 0 Å². The minimum Gasteiger partial charge on any atom is -0.489 e. The van der Waals surface area contributed by atoms with E-state index in [4.69, 9.17) is 14.2 Å². The Labute approximate surface area is 139 Å². The molecule has 2 N–H and O–H groups in total. The van der Waals surface area contributed by atoms with Crippen LogP contribution in [0.4, 0.5) is 10.6 Å². The van der Waals surface area contributed by atoms with Gasteiger partial charge in [-0.25, -0.2) is 9.78 Å². The number of hydrogen-bond donors (Lipinski definition) is 2. The Balaban J connectivity index is 1.51. The van der Waals surface area contributed by atoms with E-state index in [0.717, 1.165) is 12.1 Å². The Morgan fingerprint density at radius 1 is 1.33 bits per heavy atom. The van der Waals surface area contributed by atoms with Gasteiger partial charge in [-0.1, -0.05) is 30.3 Å². The van der Waals surface area contributed by atoms with E-state index >= 15 is 0 Å². The smallest absolute Gasteiger partial charge is 0.415 e. The van der Waals surface area contributed by atoms with Crippen molar-refractivity contribution in [2.45, 2.75) is 12.9 Å². The number of nitrogens with zero attached hydrogens (tertiary/aromatic N) is 1. The third-order valence-corrected chi connectivity index (χ3v) is 3.34. The lowest BCUT2D eigenvalue weighted by molar-refractivity contribution is -0.113. The number of rotatable bonds is 5. The maximum atomic E-state index is 11.8. The molecule has 24 heavy (non-hydrogen) atoms. The number of ether oxygens (including phenoxy) is 3. The van der Waals surface area contributed by atoms with E-state index in [-0.39, 0.29) is 0 Å². The number of benzene rings is 1. The molecule has 7 nitrogen and oxygen atoms in total.